The van der Waals surface area contributed by atoms with E-state index in [0.29, 0.717) is 0 Å². The van der Waals surface area contributed by atoms with Gasteiger partial charge in [-0.2, -0.15) is 0 Å². The Labute approximate surface area is 387 Å². The first kappa shape index (κ1) is 38.8. The lowest BCUT2D eigenvalue weighted by molar-refractivity contribution is 0.563. The van der Waals surface area contributed by atoms with Gasteiger partial charge in [0, 0.05) is 16.5 Å². The molecule has 0 radical (unpaired) electrons. The molecule has 0 bridgehead atoms. The van der Waals surface area contributed by atoms with Crippen molar-refractivity contribution in [3.63, 3.8) is 0 Å². The van der Waals surface area contributed by atoms with E-state index in [0.717, 1.165) is 59.6 Å². The van der Waals surface area contributed by atoms with Crippen molar-refractivity contribution in [2.45, 2.75) is 50.4 Å². The van der Waals surface area contributed by atoms with Crippen LogP contribution >= 0.6 is 0 Å². The van der Waals surface area contributed by atoms with Crippen LogP contribution in [0, 0.1) is 0 Å². The number of allylic oxidation sites excluding steroid dienone is 5. The molecule has 9 aromatic rings. The second kappa shape index (κ2) is 14.9. The molecular formula is C64H48N2. The first-order chi connectivity index (χ1) is 32.5. The van der Waals surface area contributed by atoms with Crippen molar-refractivity contribution >= 4 is 22.4 Å². The van der Waals surface area contributed by atoms with Crippen molar-refractivity contribution in [1.29, 1.82) is 0 Å². The highest BCUT2D eigenvalue weighted by atomic mass is 14.9. The second-order valence-corrected chi connectivity index (χ2v) is 18.9. The summed E-state index contributed by atoms with van der Waals surface area (Å²) >= 11 is 0. The van der Waals surface area contributed by atoms with Crippen molar-refractivity contribution in [3.8, 4) is 56.0 Å². The van der Waals surface area contributed by atoms with E-state index in [1.165, 1.54) is 88.7 Å². The lowest BCUT2D eigenvalue weighted by Gasteiger charge is -2.46. The third kappa shape index (κ3) is 5.61. The maximum absolute atomic E-state index is 5.51. The van der Waals surface area contributed by atoms with E-state index in [1.54, 1.807) is 0 Å². The predicted molar refractivity (Wildman–Crippen MR) is 274 cm³/mol. The zero-order valence-electron chi connectivity index (χ0n) is 37.4. The van der Waals surface area contributed by atoms with Crippen LogP contribution in [0.2, 0.25) is 0 Å². The summed E-state index contributed by atoms with van der Waals surface area (Å²) in [5, 5.41) is 2.58. The summed E-state index contributed by atoms with van der Waals surface area (Å²) in [5.41, 5.74) is 22.9. The Kier molecular flexibility index (Phi) is 8.77. The van der Waals surface area contributed by atoms with Gasteiger partial charge in [0.2, 0.25) is 0 Å². The van der Waals surface area contributed by atoms with Crippen molar-refractivity contribution in [2.24, 2.45) is 0 Å². The SMILES string of the molecule is CC1(C)c2ccccc2C2(c3ccc(-c4c5c(c(-c6ccccc6)c6ccccc46)CCC=C5)cc3-c3c(-c4cc(C5=CCCC=C5)nc(-c5ccccc5)n4)cccc32)c2ccccc21. The van der Waals surface area contributed by atoms with Crippen LogP contribution in [-0.4, -0.2) is 9.97 Å². The summed E-state index contributed by atoms with van der Waals surface area (Å²) in [6, 6.07) is 65.7. The van der Waals surface area contributed by atoms with Crippen LogP contribution in [-0.2, 0) is 17.3 Å². The first-order valence-electron chi connectivity index (χ1n) is 23.6. The molecule has 0 aliphatic heterocycles. The van der Waals surface area contributed by atoms with Crippen LogP contribution in [0.5, 0.6) is 0 Å². The van der Waals surface area contributed by atoms with E-state index in [-0.39, 0.29) is 5.41 Å². The van der Waals surface area contributed by atoms with Gasteiger partial charge >= 0.3 is 0 Å². The average molecular weight is 845 g/mol. The van der Waals surface area contributed by atoms with E-state index >= 15 is 0 Å². The topological polar surface area (TPSA) is 25.8 Å². The van der Waals surface area contributed by atoms with Crippen LogP contribution in [0.15, 0.2) is 200 Å². The molecule has 4 aliphatic rings. The molecule has 2 nitrogen and oxygen atoms in total. The molecule has 0 N–H and O–H groups in total. The van der Waals surface area contributed by atoms with Gasteiger partial charge in [-0.15, -0.1) is 0 Å². The fourth-order valence-corrected chi connectivity index (χ4v) is 12.2. The third-order valence-corrected chi connectivity index (χ3v) is 15.1. The minimum absolute atomic E-state index is 0.197. The summed E-state index contributed by atoms with van der Waals surface area (Å²) < 4.78 is 0. The van der Waals surface area contributed by atoms with E-state index in [9.17, 15) is 0 Å². The summed E-state index contributed by atoms with van der Waals surface area (Å²) in [7, 11) is 0. The van der Waals surface area contributed by atoms with Gasteiger partial charge in [0.05, 0.1) is 16.8 Å². The fourth-order valence-electron chi connectivity index (χ4n) is 12.2. The first-order valence-corrected chi connectivity index (χ1v) is 23.6. The van der Waals surface area contributed by atoms with Gasteiger partial charge < -0.3 is 0 Å². The van der Waals surface area contributed by atoms with Gasteiger partial charge in [-0.05, 0) is 132 Å². The number of hydrogen-bond donors (Lipinski definition) is 0. The standard InChI is InChI=1S/C64H48N2/c1-63(2)52-32-16-18-34-54(52)64(55-35-19-17-33-53(55)63)51-38-37-44(60-47-29-14-12-27-45(47)59(42-23-8-4-9-24-42)46-28-13-15-30-48(46)60)39-50(51)61-49(31-20-36-56(61)64)58-40-57(41-21-6-3-7-22-41)65-62(66-58)43-25-10-5-11-26-43/h4-6,8-12,14-27,29-40H,3,7,13,28H2,1-2H3. The van der Waals surface area contributed by atoms with Crippen molar-refractivity contribution in [3.05, 3.63) is 250 Å². The Morgan fingerprint density at radius 3 is 1.76 bits per heavy atom. The molecule has 0 amide bonds. The number of nitrogens with zero attached hydrogens (tertiary/aromatic N) is 2. The number of rotatable bonds is 5. The number of aromatic nitrogens is 2. The molecule has 0 saturated heterocycles. The van der Waals surface area contributed by atoms with Gasteiger partial charge in [-0.25, -0.2) is 9.97 Å². The van der Waals surface area contributed by atoms with Crippen LogP contribution in [0.3, 0.4) is 0 Å². The van der Waals surface area contributed by atoms with Gasteiger partial charge in [0.25, 0.3) is 0 Å². The molecule has 314 valence electrons. The van der Waals surface area contributed by atoms with E-state index in [2.05, 4.69) is 220 Å². The molecule has 2 heteroatoms. The van der Waals surface area contributed by atoms with Gasteiger partial charge in [0.15, 0.2) is 5.82 Å². The highest BCUT2D eigenvalue weighted by Gasteiger charge is 2.54. The van der Waals surface area contributed by atoms with Crippen molar-refractivity contribution in [1.82, 2.24) is 9.97 Å². The van der Waals surface area contributed by atoms with Crippen LogP contribution in [0.4, 0.5) is 0 Å². The quantitative estimate of drug-likeness (QED) is 0.172. The summed E-state index contributed by atoms with van der Waals surface area (Å²) in [6.07, 6.45) is 15.7. The Hall–Kier alpha value is -7.68. The molecule has 8 aromatic carbocycles. The van der Waals surface area contributed by atoms with E-state index in [4.69, 9.17) is 9.97 Å². The minimum Gasteiger partial charge on any atom is -0.228 e. The van der Waals surface area contributed by atoms with Crippen molar-refractivity contribution in [2.75, 3.05) is 0 Å². The van der Waals surface area contributed by atoms with Crippen molar-refractivity contribution < 1.29 is 0 Å². The second-order valence-electron chi connectivity index (χ2n) is 18.9. The average Bonchev–Trinajstić information content (AvgIpc) is 3.68. The van der Waals surface area contributed by atoms with E-state index < -0.39 is 5.41 Å². The summed E-state index contributed by atoms with van der Waals surface area (Å²) in [5.74, 6) is 0.737. The zero-order chi connectivity index (χ0) is 44.0. The number of benzene rings is 8. The maximum Gasteiger partial charge on any atom is 0.160 e. The Balaban J connectivity index is 1.14. The van der Waals surface area contributed by atoms with Gasteiger partial charge in [0.1, 0.15) is 0 Å². The van der Waals surface area contributed by atoms with Gasteiger partial charge in [-0.3, -0.25) is 0 Å². The molecule has 0 fully saturated rings. The minimum atomic E-state index is -0.562. The zero-order valence-corrected chi connectivity index (χ0v) is 37.4. The number of hydrogen-bond acceptors (Lipinski definition) is 2. The van der Waals surface area contributed by atoms with E-state index in [1.807, 2.05) is 0 Å². The molecule has 1 heterocycles. The van der Waals surface area contributed by atoms with Crippen LogP contribution in [0.1, 0.15) is 83.3 Å². The molecule has 4 aliphatic carbocycles. The third-order valence-electron chi connectivity index (χ3n) is 15.1. The van der Waals surface area contributed by atoms with Crippen LogP contribution < -0.4 is 0 Å². The largest absolute Gasteiger partial charge is 0.228 e. The maximum atomic E-state index is 5.51. The lowest BCUT2D eigenvalue weighted by atomic mass is 9.55. The molecule has 0 saturated carbocycles. The highest BCUT2D eigenvalue weighted by molar-refractivity contribution is 6.11. The summed E-state index contributed by atoms with van der Waals surface area (Å²) in [6.45, 7) is 4.80. The molecular weight excluding hydrogens is 797 g/mol. The molecule has 13 rings (SSSR count). The molecule has 66 heavy (non-hydrogen) atoms. The van der Waals surface area contributed by atoms with Crippen LogP contribution in [0.25, 0.3) is 78.4 Å². The molecule has 1 aromatic heterocycles. The molecule has 1 spiro atoms. The fraction of sp³-hybridized carbons (Fsp3) is 0.125. The Bertz CT molecular complexity index is 3500. The van der Waals surface area contributed by atoms with Gasteiger partial charge in [-0.1, -0.05) is 208 Å². The Morgan fingerprint density at radius 2 is 1.05 bits per heavy atom. The number of fused-ring (bicyclic) bond motifs is 11. The highest BCUT2D eigenvalue weighted by Crippen LogP contribution is 2.64. The monoisotopic (exact) mass is 844 g/mol. The predicted octanol–water partition coefficient (Wildman–Crippen LogP) is 16.0. The smallest absolute Gasteiger partial charge is 0.160 e. The Morgan fingerprint density at radius 1 is 0.424 bits per heavy atom. The molecule has 0 unspecified atom stereocenters. The lowest BCUT2D eigenvalue weighted by Crippen LogP contribution is -2.40. The molecule has 0 atom stereocenters. The normalized spacial score (nSPS) is 15.7. The summed E-state index contributed by atoms with van der Waals surface area (Å²) in [4.78, 5) is 10.8.